The molecule has 0 bridgehead atoms. The van der Waals surface area contributed by atoms with E-state index in [1.807, 2.05) is 0 Å². The molecule has 0 aromatic carbocycles. The number of hydrogen-bond donors (Lipinski definition) is 4. The van der Waals surface area contributed by atoms with Crippen LogP contribution >= 0.6 is 11.6 Å². The molecule has 5 N–H and O–H groups in total. The fourth-order valence-corrected chi connectivity index (χ4v) is 1.75. The normalized spacial score (nSPS) is 9.23. The van der Waals surface area contributed by atoms with Crippen LogP contribution in [-0.4, -0.2) is 58.1 Å². The maximum Gasteiger partial charge on any atom is 0.358 e. The van der Waals surface area contributed by atoms with Gasteiger partial charge in [-0.05, 0) is 18.3 Å². The average Bonchev–Trinajstić information content (AvgIpc) is 3.24. The number of aromatic carboxylic acids is 2. The summed E-state index contributed by atoms with van der Waals surface area (Å²) in [5.41, 5.74) is 4.47. The molecule has 3 aromatic heterocycles. The van der Waals surface area contributed by atoms with Crippen LogP contribution < -0.4 is 5.73 Å². The van der Waals surface area contributed by atoms with E-state index in [1.165, 1.54) is 41.7 Å². The molecular weight excluding hydrogens is 416 g/mol. The van der Waals surface area contributed by atoms with Gasteiger partial charge in [0.25, 0.3) is 0 Å². The number of aromatic nitrogens is 6. The maximum absolute atomic E-state index is 10.8. The molecule has 0 aliphatic carbocycles. The number of allylic oxidation sites excluding steroid dienone is 1. The van der Waals surface area contributed by atoms with Crippen LogP contribution in [0.3, 0.4) is 0 Å². The van der Waals surface area contributed by atoms with Crippen molar-refractivity contribution in [2.24, 2.45) is 5.73 Å². The van der Waals surface area contributed by atoms with Gasteiger partial charge < -0.3 is 21.4 Å². The van der Waals surface area contributed by atoms with E-state index in [9.17, 15) is 9.59 Å². The smallest absolute Gasteiger partial charge is 0.358 e. The van der Waals surface area contributed by atoms with Gasteiger partial charge in [-0.3, -0.25) is 0 Å². The number of nitrogens with two attached hydrogens (primary N) is 1. The lowest BCUT2D eigenvalue weighted by molar-refractivity contribution is 0.0679. The molecule has 0 amide bonds. The van der Waals surface area contributed by atoms with Crippen LogP contribution in [-0.2, 0) is 0 Å². The van der Waals surface area contributed by atoms with Crippen molar-refractivity contribution < 1.29 is 19.8 Å². The molecule has 158 valence electrons. The standard InChI is InChI=1S/C8H6N4O2.C5H3ClN2O2.C3H6N2.CH4/c13-8(14)6-7(10-4-3-9-6)12-5-1-2-11-12;6-4-3(5(9)10)7-1-2-8-4;4-2-1-3-5;/h1-5H,(H,13,14);1-2H,(H,9,10);1-4H,5H2;1H4/b;;3-1-,4-2?;. The van der Waals surface area contributed by atoms with E-state index in [-0.39, 0.29) is 29.8 Å². The lowest BCUT2D eigenvalue weighted by Crippen LogP contribution is -2.10. The highest BCUT2D eigenvalue weighted by Crippen LogP contribution is 2.07. The molecule has 0 aliphatic heterocycles. The minimum atomic E-state index is -1.17. The second kappa shape index (κ2) is 13.9. The minimum Gasteiger partial charge on any atom is -0.476 e. The van der Waals surface area contributed by atoms with Crippen LogP contribution in [0.5, 0.6) is 0 Å². The summed E-state index contributed by atoms with van der Waals surface area (Å²) in [7, 11) is 0. The Labute approximate surface area is 176 Å². The summed E-state index contributed by atoms with van der Waals surface area (Å²) >= 11 is 5.36. The van der Waals surface area contributed by atoms with Gasteiger partial charge in [-0.1, -0.05) is 19.0 Å². The first kappa shape index (κ1) is 25.8. The van der Waals surface area contributed by atoms with Crippen molar-refractivity contribution in [1.82, 2.24) is 29.7 Å². The molecule has 12 nitrogen and oxygen atoms in total. The molecule has 0 saturated carbocycles. The molecule has 3 aromatic rings. The molecule has 3 heterocycles. The quantitative estimate of drug-likeness (QED) is 0.440. The van der Waals surface area contributed by atoms with E-state index >= 15 is 0 Å². The van der Waals surface area contributed by atoms with Crippen LogP contribution in [0.1, 0.15) is 28.4 Å². The highest BCUT2D eigenvalue weighted by molar-refractivity contribution is 6.31. The summed E-state index contributed by atoms with van der Waals surface area (Å²) in [6.45, 7) is 0. The molecule has 0 spiro atoms. The van der Waals surface area contributed by atoms with Gasteiger partial charge in [0.2, 0.25) is 0 Å². The van der Waals surface area contributed by atoms with Gasteiger partial charge in [0.1, 0.15) is 0 Å². The van der Waals surface area contributed by atoms with E-state index in [0.29, 0.717) is 0 Å². The Morgan fingerprint density at radius 3 is 1.97 bits per heavy atom. The van der Waals surface area contributed by atoms with Crippen LogP contribution in [0.2, 0.25) is 5.15 Å². The number of hydrogen-bond acceptors (Lipinski definition) is 9. The maximum atomic E-state index is 10.8. The number of nitrogens with zero attached hydrogens (tertiary/aromatic N) is 6. The SMILES string of the molecule is C.N=C/C=C\N.O=C(O)c1nccnc1-n1cccn1.O=C(O)c1nccnc1Cl. The number of halogens is 1. The summed E-state index contributed by atoms with van der Waals surface area (Å²) in [6, 6.07) is 1.68. The van der Waals surface area contributed by atoms with Crippen molar-refractivity contribution >= 4 is 29.8 Å². The van der Waals surface area contributed by atoms with Gasteiger partial charge in [0, 0.05) is 43.4 Å². The fourth-order valence-electron chi connectivity index (χ4n) is 1.56. The van der Waals surface area contributed by atoms with Gasteiger partial charge in [-0.2, -0.15) is 5.10 Å². The van der Waals surface area contributed by atoms with Gasteiger partial charge in [-0.25, -0.2) is 34.2 Å². The van der Waals surface area contributed by atoms with E-state index in [1.54, 1.807) is 18.5 Å². The van der Waals surface area contributed by atoms with Crippen LogP contribution in [0.4, 0.5) is 0 Å². The van der Waals surface area contributed by atoms with Crippen molar-refractivity contribution in [3.8, 4) is 5.82 Å². The number of carbonyl (C=O) groups is 2. The lowest BCUT2D eigenvalue weighted by atomic mass is 10.4. The van der Waals surface area contributed by atoms with E-state index in [0.717, 1.165) is 6.21 Å². The zero-order valence-electron chi connectivity index (χ0n) is 14.6. The zero-order valence-corrected chi connectivity index (χ0v) is 15.4. The van der Waals surface area contributed by atoms with Gasteiger partial charge in [-0.15, -0.1) is 0 Å². The first-order valence-electron chi connectivity index (χ1n) is 7.53. The Morgan fingerprint density at radius 1 is 1.00 bits per heavy atom. The van der Waals surface area contributed by atoms with Crippen molar-refractivity contribution in [1.29, 1.82) is 5.41 Å². The summed E-state index contributed by atoms with van der Waals surface area (Å²) in [5, 5.41) is 27.3. The van der Waals surface area contributed by atoms with Crippen molar-refractivity contribution in [2.75, 3.05) is 0 Å². The van der Waals surface area contributed by atoms with Crippen LogP contribution in [0, 0.1) is 5.41 Å². The summed E-state index contributed by atoms with van der Waals surface area (Å²) in [5.74, 6) is -2.08. The molecule has 13 heteroatoms. The van der Waals surface area contributed by atoms with Gasteiger partial charge in [0.15, 0.2) is 22.4 Å². The summed E-state index contributed by atoms with van der Waals surface area (Å²) in [6.07, 6.45) is 12.4. The third kappa shape index (κ3) is 8.22. The predicted molar refractivity (Wildman–Crippen MR) is 109 cm³/mol. The first-order valence-corrected chi connectivity index (χ1v) is 7.91. The van der Waals surface area contributed by atoms with E-state index in [2.05, 4.69) is 25.0 Å². The Hall–Kier alpha value is -4.19. The molecule has 3 rings (SSSR count). The first-order chi connectivity index (χ1) is 13.9. The molecule has 0 fully saturated rings. The molecule has 0 atom stereocenters. The van der Waals surface area contributed by atoms with Gasteiger partial charge >= 0.3 is 11.9 Å². The third-order valence-electron chi connectivity index (χ3n) is 2.67. The third-order valence-corrected chi connectivity index (χ3v) is 2.94. The topological polar surface area (TPSA) is 194 Å². The van der Waals surface area contributed by atoms with Crippen molar-refractivity contribution in [3.63, 3.8) is 0 Å². The molecule has 0 saturated heterocycles. The summed E-state index contributed by atoms with van der Waals surface area (Å²) in [4.78, 5) is 35.6. The fraction of sp³-hybridized carbons (Fsp3) is 0.0588. The van der Waals surface area contributed by atoms with E-state index in [4.69, 9.17) is 33.0 Å². The van der Waals surface area contributed by atoms with Crippen molar-refractivity contribution in [3.05, 3.63) is 72.1 Å². The summed E-state index contributed by atoms with van der Waals surface area (Å²) < 4.78 is 1.36. The number of carboxylic acids is 2. The number of carboxylic acid groups (broad SMARTS) is 2. The Bertz CT molecular complexity index is 979. The Balaban J connectivity index is 0.000000463. The number of rotatable bonds is 4. The second-order valence-electron chi connectivity index (χ2n) is 4.54. The largest absolute Gasteiger partial charge is 0.476 e. The number of nitrogens with one attached hydrogen (secondary N) is 1. The minimum absolute atomic E-state index is 0. The lowest BCUT2D eigenvalue weighted by Gasteiger charge is -2.01. The Kier molecular flexibility index (Phi) is 12.0. The molecule has 0 unspecified atom stereocenters. The van der Waals surface area contributed by atoms with Crippen LogP contribution in [0.15, 0.2) is 55.5 Å². The van der Waals surface area contributed by atoms with E-state index < -0.39 is 11.9 Å². The molecule has 30 heavy (non-hydrogen) atoms. The molecular formula is C17H19ClN8O4. The highest BCUT2D eigenvalue weighted by Gasteiger charge is 2.13. The van der Waals surface area contributed by atoms with Crippen molar-refractivity contribution in [2.45, 2.75) is 7.43 Å². The van der Waals surface area contributed by atoms with Gasteiger partial charge in [0.05, 0.1) is 0 Å². The molecule has 0 aliphatic rings. The van der Waals surface area contributed by atoms with Crippen LogP contribution in [0.25, 0.3) is 5.82 Å². The monoisotopic (exact) mass is 434 g/mol. The molecule has 0 radical (unpaired) electrons. The Morgan fingerprint density at radius 2 is 1.57 bits per heavy atom. The predicted octanol–water partition coefficient (Wildman–Crippen LogP) is 1.93. The average molecular weight is 435 g/mol. The zero-order chi connectivity index (χ0) is 21.6. The second-order valence-corrected chi connectivity index (χ2v) is 4.89. The highest BCUT2D eigenvalue weighted by atomic mass is 35.5.